The molecule has 0 amide bonds. The largest absolute Gasteiger partial charge is 0.490 e. The van der Waals surface area contributed by atoms with E-state index in [0.717, 1.165) is 59.3 Å². The number of hydrogen-bond acceptors (Lipinski definition) is 4. The number of anilines is 1. The molecule has 0 atom stereocenters. The second kappa shape index (κ2) is 9.91. The first kappa shape index (κ1) is 20.7. The van der Waals surface area contributed by atoms with Crippen molar-refractivity contribution in [2.75, 3.05) is 12.3 Å². The topological polar surface area (TPSA) is 71.5 Å². The van der Waals surface area contributed by atoms with Crippen molar-refractivity contribution in [1.82, 2.24) is 0 Å². The molecule has 0 saturated carbocycles. The minimum atomic E-state index is 0.173. The number of nitrogens with zero attached hydrogens (tertiary/aromatic N) is 1. The lowest BCUT2D eigenvalue weighted by Gasteiger charge is -2.15. The van der Waals surface area contributed by atoms with Gasteiger partial charge in [0, 0.05) is 23.0 Å². The van der Waals surface area contributed by atoms with Crippen molar-refractivity contribution in [2.45, 2.75) is 53.1 Å². The number of allylic oxidation sites excluding steroid dienone is 2. The third-order valence-electron chi connectivity index (χ3n) is 4.27. The molecule has 0 radical (unpaired) electrons. The van der Waals surface area contributed by atoms with Gasteiger partial charge in [0.2, 0.25) is 0 Å². The van der Waals surface area contributed by atoms with Crippen LogP contribution >= 0.6 is 0 Å². The lowest BCUT2D eigenvalue weighted by Crippen LogP contribution is -2.13. The highest BCUT2D eigenvalue weighted by molar-refractivity contribution is 6.46. The fourth-order valence-electron chi connectivity index (χ4n) is 2.88. The van der Waals surface area contributed by atoms with Gasteiger partial charge in [-0.3, -0.25) is 4.99 Å². The molecular weight excluding hydrogens is 334 g/mol. The van der Waals surface area contributed by atoms with Crippen LogP contribution in [-0.2, 0) is 0 Å². The summed E-state index contributed by atoms with van der Waals surface area (Å²) in [6, 6.07) is 10.1. The molecule has 27 heavy (non-hydrogen) atoms. The van der Waals surface area contributed by atoms with Gasteiger partial charge >= 0.3 is 0 Å². The van der Waals surface area contributed by atoms with Crippen LogP contribution in [0.1, 0.15) is 45.6 Å². The normalized spacial score (nSPS) is 15.1. The molecule has 4 heteroatoms. The van der Waals surface area contributed by atoms with Crippen molar-refractivity contribution < 1.29 is 4.74 Å². The summed E-state index contributed by atoms with van der Waals surface area (Å²) in [5.74, 6) is 0.914. The molecule has 0 aliphatic heterocycles. The van der Waals surface area contributed by atoms with E-state index >= 15 is 0 Å². The number of benzene rings is 2. The number of nitrogens with two attached hydrogens (primary N) is 1. The van der Waals surface area contributed by atoms with Crippen LogP contribution in [0.2, 0.25) is 0 Å². The maximum Gasteiger partial charge on any atom is 0.127 e. The quantitative estimate of drug-likeness (QED) is 0.680. The maximum absolute atomic E-state index is 7.54. The number of aliphatic imine (C=N–C) groups is 1. The molecule has 1 aliphatic rings. The second-order valence-corrected chi connectivity index (χ2v) is 7.00. The summed E-state index contributed by atoms with van der Waals surface area (Å²) in [5.41, 5.74) is 9.55. The van der Waals surface area contributed by atoms with E-state index in [2.05, 4.69) is 18.0 Å². The number of nitrogens with one attached hydrogen (secondary N) is 1. The molecule has 3 N–H and O–H groups in total. The Kier molecular flexibility index (Phi) is 7.59. The van der Waals surface area contributed by atoms with E-state index in [9.17, 15) is 0 Å². The molecule has 0 saturated heterocycles. The average Bonchev–Trinajstić information content (AvgIpc) is 2.65. The van der Waals surface area contributed by atoms with E-state index in [1.165, 1.54) is 0 Å². The van der Waals surface area contributed by atoms with Gasteiger partial charge < -0.3 is 15.9 Å². The Bertz CT molecular complexity index is 850. The van der Waals surface area contributed by atoms with Gasteiger partial charge in [-0.1, -0.05) is 37.3 Å². The molecular formula is C23H31N3O. The molecule has 0 spiro atoms. The molecule has 0 fully saturated rings. The maximum atomic E-state index is 7.54. The van der Waals surface area contributed by atoms with E-state index in [0.29, 0.717) is 5.71 Å². The molecule has 144 valence electrons. The lowest BCUT2D eigenvalue weighted by molar-refractivity contribution is 0.245. The van der Waals surface area contributed by atoms with Crippen molar-refractivity contribution in [3.05, 3.63) is 48.0 Å². The van der Waals surface area contributed by atoms with Gasteiger partial charge in [-0.2, -0.15) is 0 Å². The fourth-order valence-corrected chi connectivity index (χ4v) is 2.88. The summed E-state index contributed by atoms with van der Waals surface area (Å²) in [4.78, 5) is 4.29. The van der Waals surface area contributed by atoms with Crippen molar-refractivity contribution in [3.8, 4) is 5.75 Å². The predicted octanol–water partition coefficient (Wildman–Crippen LogP) is 5.72. The van der Waals surface area contributed by atoms with E-state index in [1.807, 2.05) is 57.2 Å². The number of hydrogen-bond donors (Lipinski definition) is 2. The van der Waals surface area contributed by atoms with Gasteiger partial charge in [0.15, 0.2) is 0 Å². The van der Waals surface area contributed by atoms with Gasteiger partial charge in [0.1, 0.15) is 5.75 Å². The van der Waals surface area contributed by atoms with Gasteiger partial charge in [0.05, 0.1) is 17.5 Å². The minimum Gasteiger partial charge on any atom is -0.490 e. The number of aryl methyl sites for hydroxylation is 1. The highest BCUT2D eigenvalue weighted by atomic mass is 16.5. The molecule has 0 heterocycles. The highest BCUT2D eigenvalue weighted by Gasteiger charge is 2.09. The lowest BCUT2D eigenvalue weighted by atomic mass is 10.0. The average molecular weight is 366 g/mol. The first-order chi connectivity index (χ1) is 12.9. The third-order valence-corrected chi connectivity index (χ3v) is 4.27. The van der Waals surface area contributed by atoms with Gasteiger partial charge in [0.25, 0.3) is 0 Å². The van der Waals surface area contributed by atoms with Crippen LogP contribution in [0.25, 0.3) is 10.8 Å². The molecule has 0 bridgehead atoms. The monoisotopic (exact) mass is 365 g/mol. The smallest absolute Gasteiger partial charge is 0.127 e. The van der Waals surface area contributed by atoms with Crippen LogP contribution in [0, 0.1) is 12.3 Å². The van der Waals surface area contributed by atoms with Crippen molar-refractivity contribution >= 4 is 27.9 Å². The first-order valence-corrected chi connectivity index (χ1v) is 9.67. The summed E-state index contributed by atoms with van der Waals surface area (Å²) in [7, 11) is 0. The zero-order valence-electron chi connectivity index (χ0n) is 16.9. The summed E-state index contributed by atoms with van der Waals surface area (Å²) in [6.45, 7) is 9.01. The Morgan fingerprint density at radius 1 is 1.22 bits per heavy atom. The van der Waals surface area contributed by atoms with Crippen LogP contribution in [0.3, 0.4) is 0 Å². The number of nitrogen functional groups attached to an aromatic ring is 1. The van der Waals surface area contributed by atoms with Crippen molar-refractivity contribution in [3.63, 3.8) is 0 Å². The van der Waals surface area contributed by atoms with E-state index in [4.69, 9.17) is 15.9 Å². The Hall–Kier alpha value is -2.62. The van der Waals surface area contributed by atoms with Crippen LogP contribution in [0.15, 0.2) is 47.5 Å². The molecule has 0 unspecified atom stereocenters. The molecule has 0 aromatic heterocycles. The van der Waals surface area contributed by atoms with Crippen LogP contribution < -0.4 is 10.5 Å². The molecule has 2 aromatic rings. The summed E-state index contributed by atoms with van der Waals surface area (Å²) in [5, 5.41) is 9.69. The zero-order valence-corrected chi connectivity index (χ0v) is 16.9. The molecule has 4 nitrogen and oxygen atoms in total. The highest BCUT2D eigenvalue weighted by Crippen LogP contribution is 2.33. The molecule has 1 aliphatic carbocycles. The van der Waals surface area contributed by atoms with E-state index in [-0.39, 0.29) is 6.10 Å². The Balaban J connectivity index is 0.000000208. The van der Waals surface area contributed by atoms with E-state index in [1.54, 1.807) is 0 Å². The van der Waals surface area contributed by atoms with Crippen LogP contribution in [-0.4, -0.2) is 24.1 Å². The van der Waals surface area contributed by atoms with E-state index < -0.39 is 0 Å². The fraction of sp³-hybridized carbons (Fsp3) is 0.391. The van der Waals surface area contributed by atoms with Gasteiger partial charge in [-0.15, -0.1) is 0 Å². The number of ether oxygens (including phenoxy) is 1. The third kappa shape index (κ3) is 5.68. The minimum absolute atomic E-state index is 0.173. The summed E-state index contributed by atoms with van der Waals surface area (Å²) < 4.78 is 5.81. The SMILES string of the molecule is CCCN=C1C=CCCC1=N.Cc1cc(OC(C)C)c2ccccc2c1N. The Morgan fingerprint density at radius 3 is 2.56 bits per heavy atom. The zero-order chi connectivity index (χ0) is 19.8. The number of fused-ring (bicyclic) bond motifs is 1. The Labute approximate surface area is 162 Å². The standard InChI is InChI=1S/C14H17NO.C9H14N2/c1-9(2)16-13-8-10(3)14(15)12-7-5-4-6-11(12)13;1-2-7-11-9-6-4-3-5-8(9)10/h4-9H,15H2,1-3H3;4,6,10H,2-3,5,7H2,1H3. The van der Waals surface area contributed by atoms with Crippen molar-refractivity contribution in [1.29, 1.82) is 5.41 Å². The van der Waals surface area contributed by atoms with Crippen LogP contribution in [0.5, 0.6) is 5.75 Å². The molecule has 2 aromatic carbocycles. The Morgan fingerprint density at radius 2 is 1.93 bits per heavy atom. The molecule has 3 rings (SSSR count). The predicted molar refractivity (Wildman–Crippen MR) is 118 cm³/mol. The summed E-state index contributed by atoms with van der Waals surface area (Å²) >= 11 is 0. The van der Waals surface area contributed by atoms with Crippen LogP contribution in [0.4, 0.5) is 5.69 Å². The second-order valence-electron chi connectivity index (χ2n) is 7.00. The van der Waals surface area contributed by atoms with Gasteiger partial charge in [-0.25, -0.2) is 0 Å². The number of rotatable bonds is 4. The van der Waals surface area contributed by atoms with Gasteiger partial charge in [-0.05, 0) is 57.7 Å². The summed E-state index contributed by atoms with van der Waals surface area (Å²) in [6.07, 6.45) is 7.15. The first-order valence-electron chi connectivity index (χ1n) is 9.67. The van der Waals surface area contributed by atoms with Crippen molar-refractivity contribution in [2.24, 2.45) is 4.99 Å².